The van der Waals surface area contributed by atoms with Crippen molar-refractivity contribution < 1.29 is 14.5 Å². The number of fused-ring (bicyclic) bond motifs is 1. The lowest BCUT2D eigenvalue weighted by Gasteiger charge is -2.27. The van der Waals surface area contributed by atoms with Crippen molar-refractivity contribution in [1.29, 1.82) is 0 Å². The minimum Gasteiger partial charge on any atom is -0.481 e. The van der Waals surface area contributed by atoms with Crippen LogP contribution in [0.3, 0.4) is 0 Å². The molecule has 2 aromatic carbocycles. The molecule has 2 atom stereocenters. The molecule has 0 saturated carbocycles. The number of aryl methyl sites for hydroxylation is 1. The van der Waals surface area contributed by atoms with E-state index < -0.39 is 11.0 Å². The van der Waals surface area contributed by atoms with Crippen molar-refractivity contribution in [3.63, 3.8) is 0 Å². The quantitative estimate of drug-likeness (QED) is 0.666. The molecule has 0 aliphatic heterocycles. The molecule has 25 heavy (non-hydrogen) atoms. The number of benzene rings is 2. The minimum absolute atomic E-state index is 0.000334. The molecule has 1 aliphatic rings. The van der Waals surface area contributed by atoms with Crippen LogP contribution in [0.1, 0.15) is 36.9 Å². The largest absolute Gasteiger partial charge is 0.481 e. The number of nitro groups is 1. The number of non-ortho nitro benzene ring substituents is 1. The standard InChI is InChI=1S/C19H20N2O4/c1-13(25-16-11-9-15(10-12-16)21(23)24)19(22)20-18-8-4-6-14-5-2-3-7-17(14)18/h2-3,5,7,9-13,18H,4,6,8H2,1H3,(H,20,22)/t13-,18-/m1/s1. The fourth-order valence-corrected chi connectivity index (χ4v) is 3.10. The van der Waals surface area contributed by atoms with E-state index in [1.807, 2.05) is 12.1 Å². The van der Waals surface area contributed by atoms with Crippen molar-refractivity contribution in [2.24, 2.45) is 0 Å². The second-order valence-electron chi connectivity index (χ2n) is 6.16. The molecule has 0 bridgehead atoms. The summed E-state index contributed by atoms with van der Waals surface area (Å²) in [6, 6.07) is 13.9. The fourth-order valence-electron chi connectivity index (χ4n) is 3.10. The highest BCUT2D eigenvalue weighted by Gasteiger charge is 2.24. The number of ether oxygens (including phenoxy) is 1. The van der Waals surface area contributed by atoms with Gasteiger partial charge in [-0.15, -0.1) is 0 Å². The van der Waals surface area contributed by atoms with E-state index in [0.29, 0.717) is 5.75 Å². The Morgan fingerprint density at radius 1 is 1.24 bits per heavy atom. The number of hydrogen-bond acceptors (Lipinski definition) is 4. The van der Waals surface area contributed by atoms with E-state index in [0.717, 1.165) is 19.3 Å². The second-order valence-corrected chi connectivity index (χ2v) is 6.16. The maximum Gasteiger partial charge on any atom is 0.269 e. The van der Waals surface area contributed by atoms with Crippen LogP contribution in [0.5, 0.6) is 5.75 Å². The number of nitro benzene ring substituents is 1. The van der Waals surface area contributed by atoms with Crippen LogP contribution in [0.4, 0.5) is 5.69 Å². The van der Waals surface area contributed by atoms with Gasteiger partial charge in [0, 0.05) is 12.1 Å². The first-order valence-electron chi connectivity index (χ1n) is 8.34. The number of carbonyl (C=O) groups is 1. The number of amides is 1. The van der Waals surface area contributed by atoms with Crippen molar-refractivity contribution in [3.8, 4) is 5.75 Å². The van der Waals surface area contributed by atoms with Crippen LogP contribution in [0.15, 0.2) is 48.5 Å². The van der Waals surface area contributed by atoms with Crippen LogP contribution in [0.2, 0.25) is 0 Å². The molecule has 1 N–H and O–H groups in total. The average molecular weight is 340 g/mol. The molecule has 6 nitrogen and oxygen atoms in total. The highest BCUT2D eigenvalue weighted by Crippen LogP contribution is 2.29. The van der Waals surface area contributed by atoms with Gasteiger partial charge < -0.3 is 10.1 Å². The number of hydrogen-bond donors (Lipinski definition) is 1. The molecule has 0 saturated heterocycles. The van der Waals surface area contributed by atoms with Crippen LogP contribution in [-0.2, 0) is 11.2 Å². The third-order valence-corrected chi connectivity index (χ3v) is 4.42. The van der Waals surface area contributed by atoms with Gasteiger partial charge in [-0.2, -0.15) is 0 Å². The summed E-state index contributed by atoms with van der Waals surface area (Å²) in [7, 11) is 0. The van der Waals surface area contributed by atoms with Gasteiger partial charge in [-0.1, -0.05) is 24.3 Å². The van der Waals surface area contributed by atoms with Crippen LogP contribution >= 0.6 is 0 Å². The average Bonchev–Trinajstić information content (AvgIpc) is 2.62. The summed E-state index contributed by atoms with van der Waals surface area (Å²) in [6.45, 7) is 1.67. The predicted octanol–water partition coefficient (Wildman–Crippen LogP) is 3.56. The molecule has 0 fully saturated rings. The Morgan fingerprint density at radius 3 is 2.68 bits per heavy atom. The van der Waals surface area contributed by atoms with Crippen molar-refractivity contribution >= 4 is 11.6 Å². The highest BCUT2D eigenvalue weighted by molar-refractivity contribution is 5.81. The SMILES string of the molecule is C[C@@H](Oc1ccc([N+](=O)[O-])cc1)C(=O)N[C@@H]1CCCc2ccccc21. The Balaban J connectivity index is 1.62. The molecule has 0 unspecified atom stereocenters. The summed E-state index contributed by atoms with van der Waals surface area (Å²) < 4.78 is 5.61. The third kappa shape index (κ3) is 3.96. The van der Waals surface area contributed by atoms with Gasteiger partial charge in [0.2, 0.25) is 0 Å². The normalized spacial score (nSPS) is 17.2. The first-order chi connectivity index (χ1) is 12.0. The lowest BCUT2D eigenvalue weighted by atomic mass is 9.87. The first kappa shape index (κ1) is 17.0. The van der Waals surface area contributed by atoms with E-state index >= 15 is 0 Å². The molecule has 1 amide bonds. The van der Waals surface area contributed by atoms with E-state index in [4.69, 9.17) is 4.74 Å². The second kappa shape index (κ2) is 7.34. The maximum atomic E-state index is 12.5. The third-order valence-electron chi connectivity index (χ3n) is 4.42. The van der Waals surface area contributed by atoms with Crippen LogP contribution < -0.4 is 10.1 Å². The topological polar surface area (TPSA) is 81.5 Å². The number of rotatable bonds is 5. The van der Waals surface area contributed by atoms with Crippen molar-refractivity contribution in [3.05, 3.63) is 69.8 Å². The Bertz CT molecular complexity index is 773. The monoisotopic (exact) mass is 340 g/mol. The van der Waals surface area contributed by atoms with Crippen LogP contribution in [-0.4, -0.2) is 16.9 Å². The molecule has 1 aliphatic carbocycles. The smallest absolute Gasteiger partial charge is 0.269 e. The highest BCUT2D eigenvalue weighted by atomic mass is 16.6. The van der Waals surface area contributed by atoms with Crippen LogP contribution in [0, 0.1) is 10.1 Å². The maximum absolute atomic E-state index is 12.5. The zero-order chi connectivity index (χ0) is 17.8. The van der Waals surface area contributed by atoms with E-state index in [1.54, 1.807) is 6.92 Å². The fraction of sp³-hybridized carbons (Fsp3) is 0.316. The number of nitrogens with zero attached hydrogens (tertiary/aromatic N) is 1. The van der Waals surface area contributed by atoms with Gasteiger partial charge in [0.05, 0.1) is 11.0 Å². The summed E-state index contributed by atoms with van der Waals surface area (Å²) in [5.41, 5.74) is 2.44. The van der Waals surface area contributed by atoms with Crippen molar-refractivity contribution in [1.82, 2.24) is 5.32 Å². The Labute approximate surface area is 146 Å². The molecule has 0 aromatic heterocycles. The van der Waals surface area contributed by atoms with Gasteiger partial charge >= 0.3 is 0 Å². The van der Waals surface area contributed by atoms with Crippen molar-refractivity contribution in [2.45, 2.75) is 38.3 Å². The van der Waals surface area contributed by atoms with E-state index in [2.05, 4.69) is 17.4 Å². The predicted molar refractivity (Wildman–Crippen MR) is 93.5 cm³/mol. The zero-order valence-corrected chi connectivity index (χ0v) is 14.0. The van der Waals surface area contributed by atoms with Gasteiger partial charge in [0.15, 0.2) is 6.10 Å². The molecule has 130 valence electrons. The van der Waals surface area contributed by atoms with Gasteiger partial charge in [0.25, 0.3) is 11.6 Å². The lowest BCUT2D eigenvalue weighted by Crippen LogP contribution is -2.39. The van der Waals surface area contributed by atoms with Gasteiger partial charge in [0.1, 0.15) is 5.75 Å². The Kier molecular flexibility index (Phi) is 4.97. The summed E-state index contributed by atoms with van der Waals surface area (Å²) in [4.78, 5) is 22.6. The number of carbonyl (C=O) groups excluding carboxylic acids is 1. The summed E-state index contributed by atoms with van der Waals surface area (Å²) in [5, 5.41) is 13.7. The molecule has 0 heterocycles. The Morgan fingerprint density at radius 2 is 1.96 bits per heavy atom. The summed E-state index contributed by atoms with van der Waals surface area (Å²) in [5.74, 6) is 0.234. The van der Waals surface area contributed by atoms with Crippen LogP contribution in [0.25, 0.3) is 0 Å². The molecule has 0 spiro atoms. The molecule has 2 aromatic rings. The summed E-state index contributed by atoms with van der Waals surface area (Å²) in [6.07, 6.45) is 2.31. The molecular formula is C19H20N2O4. The lowest BCUT2D eigenvalue weighted by molar-refractivity contribution is -0.384. The number of nitrogens with one attached hydrogen (secondary N) is 1. The molecule has 0 radical (unpaired) electrons. The van der Waals surface area contributed by atoms with E-state index in [1.165, 1.54) is 35.4 Å². The zero-order valence-electron chi connectivity index (χ0n) is 14.0. The molecule has 3 rings (SSSR count). The Hall–Kier alpha value is -2.89. The first-order valence-corrected chi connectivity index (χ1v) is 8.34. The molecule has 6 heteroatoms. The van der Waals surface area contributed by atoms with Gasteiger partial charge in [-0.25, -0.2) is 0 Å². The van der Waals surface area contributed by atoms with Crippen molar-refractivity contribution in [2.75, 3.05) is 0 Å². The van der Waals surface area contributed by atoms with E-state index in [-0.39, 0.29) is 17.6 Å². The van der Waals surface area contributed by atoms with Gasteiger partial charge in [-0.05, 0) is 49.4 Å². The molecular weight excluding hydrogens is 320 g/mol. The summed E-state index contributed by atoms with van der Waals surface area (Å²) >= 11 is 0. The minimum atomic E-state index is -0.685. The van der Waals surface area contributed by atoms with E-state index in [9.17, 15) is 14.9 Å². The van der Waals surface area contributed by atoms with Gasteiger partial charge in [-0.3, -0.25) is 14.9 Å².